The first-order valence-electron chi connectivity index (χ1n) is 13.8. The molecule has 0 radical (unpaired) electrons. The molecule has 43 heavy (non-hydrogen) atoms. The third-order valence-electron chi connectivity index (χ3n) is 7.02. The molecule has 4 rings (SSSR count). The number of anilines is 2. The van der Waals surface area contributed by atoms with Gasteiger partial charge < -0.3 is 15.1 Å². The Morgan fingerprint density at radius 1 is 0.977 bits per heavy atom. The molecule has 0 aliphatic heterocycles. The SMILES string of the molecule is Cc1cccc(C)c1-c1cc(N(Cc2ccc(Br)cc2)[C@@H](CO)CC(C)C)nc(NS(=O)(=O)c2cccc(C(=O)O)c2)n1. The normalized spacial score (nSPS) is 12.3. The molecule has 0 saturated carbocycles. The van der Waals surface area contributed by atoms with Crippen LogP contribution in [0.5, 0.6) is 0 Å². The van der Waals surface area contributed by atoms with E-state index in [1.54, 1.807) is 0 Å². The molecule has 3 aromatic carbocycles. The zero-order chi connectivity index (χ0) is 31.3. The molecule has 11 heteroatoms. The van der Waals surface area contributed by atoms with E-state index in [4.69, 9.17) is 0 Å². The van der Waals surface area contributed by atoms with Crippen LogP contribution in [0.15, 0.2) is 82.2 Å². The number of carboxylic acid groups (broad SMARTS) is 1. The fourth-order valence-corrected chi connectivity index (χ4v) is 6.23. The number of halogens is 1. The van der Waals surface area contributed by atoms with E-state index in [2.05, 4.69) is 44.5 Å². The summed E-state index contributed by atoms with van der Waals surface area (Å²) >= 11 is 3.48. The molecule has 0 saturated heterocycles. The number of aromatic nitrogens is 2. The Kier molecular flexibility index (Phi) is 10.2. The number of sulfonamides is 1. The number of aryl methyl sites for hydroxylation is 2. The predicted molar refractivity (Wildman–Crippen MR) is 172 cm³/mol. The van der Waals surface area contributed by atoms with Gasteiger partial charge in [0.25, 0.3) is 10.0 Å². The van der Waals surface area contributed by atoms with E-state index in [0.29, 0.717) is 24.5 Å². The van der Waals surface area contributed by atoms with Crippen LogP contribution in [-0.4, -0.2) is 47.2 Å². The first-order chi connectivity index (χ1) is 20.4. The minimum absolute atomic E-state index is 0.138. The number of aromatic carboxylic acids is 1. The molecular weight excluding hydrogens is 632 g/mol. The van der Waals surface area contributed by atoms with Gasteiger partial charge in [-0.1, -0.05) is 66.2 Å². The van der Waals surface area contributed by atoms with Gasteiger partial charge in [0.2, 0.25) is 5.95 Å². The Balaban J connectivity index is 1.89. The van der Waals surface area contributed by atoms with Crippen molar-refractivity contribution in [1.29, 1.82) is 0 Å². The lowest BCUT2D eigenvalue weighted by Crippen LogP contribution is -2.39. The highest BCUT2D eigenvalue weighted by atomic mass is 79.9. The van der Waals surface area contributed by atoms with E-state index < -0.39 is 16.0 Å². The summed E-state index contributed by atoms with van der Waals surface area (Å²) in [4.78, 5) is 22.5. The maximum absolute atomic E-state index is 13.5. The summed E-state index contributed by atoms with van der Waals surface area (Å²) in [6.45, 7) is 8.34. The molecule has 0 aliphatic rings. The molecule has 3 N–H and O–H groups in total. The molecule has 0 bridgehead atoms. The molecule has 226 valence electrons. The van der Waals surface area contributed by atoms with Crippen molar-refractivity contribution >= 4 is 43.7 Å². The van der Waals surface area contributed by atoms with Crippen LogP contribution < -0.4 is 9.62 Å². The molecule has 1 heterocycles. The number of nitrogens with zero attached hydrogens (tertiary/aromatic N) is 3. The van der Waals surface area contributed by atoms with Crippen LogP contribution in [-0.2, 0) is 16.6 Å². The Morgan fingerprint density at radius 3 is 2.23 bits per heavy atom. The predicted octanol–water partition coefficient (Wildman–Crippen LogP) is 6.44. The summed E-state index contributed by atoms with van der Waals surface area (Å²) in [5, 5.41) is 19.9. The summed E-state index contributed by atoms with van der Waals surface area (Å²) in [5.41, 5.74) is 4.08. The quantitative estimate of drug-likeness (QED) is 0.157. The monoisotopic (exact) mass is 666 g/mol. The third kappa shape index (κ3) is 7.98. The van der Waals surface area contributed by atoms with Crippen molar-refractivity contribution < 1.29 is 23.4 Å². The molecule has 1 aromatic heterocycles. The van der Waals surface area contributed by atoms with Crippen LogP contribution >= 0.6 is 15.9 Å². The van der Waals surface area contributed by atoms with Crippen molar-refractivity contribution in [1.82, 2.24) is 9.97 Å². The van der Waals surface area contributed by atoms with E-state index in [-0.39, 0.29) is 35.0 Å². The first kappa shape index (κ1) is 32.1. The number of aliphatic hydroxyl groups is 1. The summed E-state index contributed by atoms with van der Waals surface area (Å²) < 4.78 is 30.3. The van der Waals surface area contributed by atoms with E-state index >= 15 is 0 Å². The molecule has 0 fully saturated rings. The fourth-order valence-electron chi connectivity index (χ4n) is 4.98. The number of rotatable bonds is 12. The molecule has 1 atom stereocenters. The lowest BCUT2D eigenvalue weighted by Gasteiger charge is -2.33. The van der Waals surface area contributed by atoms with Crippen molar-refractivity contribution in [3.8, 4) is 11.3 Å². The van der Waals surface area contributed by atoms with Gasteiger partial charge in [0.05, 0.1) is 28.8 Å². The summed E-state index contributed by atoms with van der Waals surface area (Å²) in [6.07, 6.45) is 0.665. The molecule has 4 aromatic rings. The van der Waals surface area contributed by atoms with Gasteiger partial charge >= 0.3 is 5.97 Å². The lowest BCUT2D eigenvalue weighted by molar-refractivity contribution is 0.0696. The van der Waals surface area contributed by atoms with Crippen LogP contribution in [0.1, 0.15) is 47.3 Å². The van der Waals surface area contributed by atoms with E-state index in [1.165, 1.54) is 18.2 Å². The molecule has 0 amide bonds. The smallest absolute Gasteiger partial charge is 0.335 e. The third-order valence-corrected chi connectivity index (χ3v) is 8.88. The van der Waals surface area contributed by atoms with E-state index in [0.717, 1.165) is 32.8 Å². The van der Waals surface area contributed by atoms with Crippen LogP contribution in [0.2, 0.25) is 0 Å². The van der Waals surface area contributed by atoms with Crippen molar-refractivity contribution in [2.75, 3.05) is 16.2 Å². The van der Waals surface area contributed by atoms with Gasteiger partial charge in [-0.25, -0.2) is 22.9 Å². The van der Waals surface area contributed by atoms with Crippen molar-refractivity contribution in [2.45, 2.75) is 51.6 Å². The van der Waals surface area contributed by atoms with Crippen LogP contribution in [0, 0.1) is 19.8 Å². The topological polar surface area (TPSA) is 133 Å². The Labute approximate surface area is 260 Å². The van der Waals surface area contributed by atoms with Crippen molar-refractivity contribution in [3.63, 3.8) is 0 Å². The number of hydrogen-bond acceptors (Lipinski definition) is 7. The fraction of sp³-hybridized carbons (Fsp3) is 0.281. The number of carboxylic acids is 1. The average molecular weight is 668 g/mol. The largest absolute Gasteiger partial charge is 0.478 e. The zero-order valence-electron chi connectivity index (χ0n) is 24.5. The molecule has 0 aliphatic carbocycles. The molecule has 9 nitrogen and oxygen atoms in total. The van der Waals surface area contributed by atoms with Gasteiger partial charge in [0.15, 0.2) is 0 Å². The first-order valence-corrected chi connectivity index (χ1v) is 16.1. The highest BCUT2D eigenvalue weighted by Gasteiger charge is 2.25. The summed E-state index contributed by atoms with van der Waals surface area (Å²) in [6, 6.07) is 20.3. The van der Waals surface area contributed by atoms with Crippen molar-refractivity contribution in [2.24, 2.45) is 5.92 Å². The van der Waals surface area contributed by atoms with Gasteiger partial charge in [-0.3, -0.25) is 0 Å². The van der Waals surface area contributed by atoms with Gasteiger partial charge in [0, 0.05) is 22.6 Å². The second-order valence-corrected chi connectivity index (χ2v) is 13.5. The maximum Gasteiger partial charge on any atom is 0.335 e. The highest BCUT2D eigenvalue weighted by molar-refractivity contribution is 9.10. The zero-order valence-corrected chi connectivity index (χ0v) is 26.9. The molecule has 0 unspecified atom stereocenters. The number of benzene rings is 3. The summed E-state index contributed by atoms with van der Waals surface area (Å²) in [5.74, 6) is -0.703. The van der Waals surface area contributed by atoms with Crippen LogP contribution in [0.25, 0.3) is 11.3 Å². The van der Waals surface area contributed by atoms with Gasteiger partial charge in [-0.15, -0.1) is 0 Å². The lowest BCUT2D eigenvalue weighted by atomic mass is 9.99. The Hall–Kier alpha value is -3.80. The minimum atomic E-state index is -4.25. The van der Waals surface area contributed by atoms with Crippen molar-refractivity contribution in [3.05, 3.63) is 99.5 Å². The average Bonchev–Trinajstić information content (AvgIpc) is 2.95. The molecule has 0 spiro atoms. The Bertz CT molecular complexity index is 1690. The van der Waals surface area contributed by atoms with Crippen LogP contribution in [0.3, 0.4) is 0 Å². The maximum atomic E-state index is 13.5. The highest BCUT2D eigenvalue weighted by Crippen LogP contribution is 2.32. The van der Waals surface area contributed by atoms with Gasteiger partial charge in [-0.2, -0.15) is 4.98 Å². The van der Waals surface area contributed by atoms with E-state index in [1.807, 2.05) is 67.3 Å². The minimum Gasteiger partial charge on any atom is -0.478 e. The second-order valence-electron chi connectivity index (χ2n) is 10.9. The standard InChI is InChI=1S/C32H35BrN4O5S/c1-20(2)15-26(19-38)37(18-23-11-13-25(33)14-12-23)29-17-28(30-21(3)7-5-8-22(30)4)34-32(35-29)36-43(41,42)27-10-6-9-24(16-27)31(39)40/h5-14,16-17,20,26,38H,15,18-19H2,1-4H3,(H,39,40)(H,34,35,36)/t26-/m1/s1. The second kappa shape index (κ2) is 13.7. The molecular formula is C32H35BrN4O5S. The van der Waals surface area contributed by atoms with Gasteiger partial charge in [0.1, 0.15) is 5.82 Å². The van der Waals surface area contributed by atoms with Crippen LogP contribution in [0.4, 0.5) is 11.8 Å². The number of hydrogen-bond donors (Lipinski definition) is 3. The number of aliphatic hydroxyl groups excluding tert-OH is 1. The summed E-state index contributed by atoms with van der Waals surface area (Å²) in [7, 11) is -4.25. The Morgan fingerprint density at radius 2 is 1.63 bits per heavy atom. The number of carbonyl (C=O) groups is 1. The van der Waals surface area contributed by atoms with E-state index in [9.17, 15) is 23.4 Å². The number of nitrogens with one attached hydrogen (secondary N) is 1. The van der Waals surface area contributed by atoms with Gasteiger partial charge in [-0.05, 0) is 73.2 Å².